The molecule has 1 aromatic heterocycles. The van der Waals surface area contributed by atoms with Gasteiger partial charge in [-0.25, -0.2) is 8.42 Å². The van der Waals surface area contributed by atoms with Crippen LogP contribution in [-0.4, -0.2) is 39.9 Å². The number of hydrogen-bond acceptors (Lipinski definition) is 6. The minimum Gasteiger partial charge on any atom is -0.496 e. The van der Waals surface area contributed by atoms with Crippen LogP contribution in [0.4, 0.5) is 5.69 Å². The highest BCUT2D eigenvalue weighted by Gasteiger charge is 2.50. The zero-order chi connectivity index (χ0) is 23.3. The molecule has 0 radical (unpaired) electrons. The maximum absolute atomic E-state index is 13.8. The van der Waals surface area contributed by atoms with Gasteiger partial charge in [-0.05, 0) is 61.6 Å². The van der Waals surface area contributed by atoms with Crippen molar-refractivity contribution in [2.75, 3.05) is 24.9 Å². The number of sulfonamides is 1. The van der Waals surface area contributed by atoms with E-state index in [1.165, 1.54) is 18.4 Å². The first-order valence-electron chi connectivity index (χ1n) is 10.7. The van der Waals surface area contributed by atoms with Gasteiger partial charge in [0.25, 0.3) is 15.9 Å². The Morgan fingerprint density at radius 3 is 2.39 bits per heavy atom. The molecule has 2 heterocycles. The molecule has 0 spiro atoms. The Morgan fingerprint density at radius 1 is 1.03 bits per heavy atom. The van der Waals surface area contributed by atoms with Gasteiger partial charge in [0, 0.05) is 16.0 Å². The molecule has 1 aliphatic heterocycles. The highest BCUT2D eigenvalue weighted by Crippen LogP contribution is 2.42. The van der Waals surface area contributed by atoms with Gasteiger partial charge in [0.15, 0.2) is 5.37 Å². The standard InChI is InChI=1S/C24H27N3O4S2/c1-31-20-11-6-5-10-19(20)22(28)26-23(33(29,30)27-18-8-3-2-4-9-18)24(13-15-25-16-14-24)21-12-7-17-32-21/h2-12,17,23,25,27H,13-16H2,1H3,(H,26,28). The molecule has 0 bridgehead atoms. The van der Waals surface area contributed by atoms with Crippen molar-refractivity contribution in [3.8, 4) is 5.75 Å². The van der Waals surface area contributed by atoms with E-state index >= 15 is 0 Å². The second-order valence-electron chi connectivity index (χ2n) is 7.95. The van der Waals surface area contributed by atoms with Crippen molar-refractivity contribution in [3.05, 3.63) is 82.6 Å². The summed E-state index contributed by atoms with van der Waals surface area (Å²) >= 11 is 1.51. The third-order valence-electron chi connectivity index (χ3n) is 5.97. The number of hydrogen-bond donors (Lipinski definition) is 3. The van der Waals surface area contributed by atoms with Gasteiger partial charge < -0.3 is 15.4 Å². The first-order valence-corrected chi connectivity index (χ1v) is 13.1. The molecule has 1 unspecified atom stereocenters. The van der Waals surface area contributed by atoms with E-state index in [0.29, 0.717) is 37.4 Å². The van der Waals surface area contributed by atoms with E-state index in [1.807, 2.05) is 23.6 Å². The smallest absolute Gasteiger partial charge is 0.256 e. The lowest BCUT2D eigenvalue weighted by atomic mass is 9.77. The molecule has 2 aromatic carbocycles. The molecule has 1 amide bonds. The number of ether oxygens (including phenoxy) is 1. The number of nitrogens with one attached hydrogen (secondary N) is 3. The Bertz CT molecular complexity index is 1180. The number of para-hydroxylation sites is 2. The Morgan fingerprint density at radius 2 is 1.73 bits per heavy atom. The molecule has 1 fully saturated rings. The molecule has 4 rings (SSSR count). The summed E-state index contributed by atoms with van der Waals surface area (Å²) in [5, 5.41) is 6.94. The van der Waals surface area contributed by atoms with Crippen LogP contribution in [0.15, 0.2) is 72.1 Å². The second kappa shape index (κ2) is 9.94. The van der Waals surface area contributed by atoms with Crippen molar-refractivity contribution >= 4 is 33.0 Å². The van der Waals surface area contributed by atoms with E-state index in [2.05, 4.69) is 15.4 Å². The summed E-state index contributed by atoms with van der Waals surface area (Å²) in [6.45, 7) is 1.31. The molecular weight excluding hydrogens is 458 g/mol. The quantitative estimate of drug-likeness (QED) is 0.453. The molecule has 0 saturated carbocycles. The lowest BCUT2D eigenvalue weighted by Crippen LogP contribution is -2.59. The minimum atomic E-state index is -4.03. The number of thiophene rings is 1. The molecule has 7 nitrogen and oxygen atoms in total. The molecule has 33 heavy (non-hydrogen) atoms. The molecule has 3 aromatic rings. The van der Waals surface area contributed by atoms with Crippen molar-refractivity contribution in [2.24, 2.45) is 0 Å². The van der Waals surface area contributed by atoms with Gasteiger partial charge in [0.05, 0.1) is 12.7 Å². The topological polar surface area (TPSA) is 96.5 Å². The summed E-state index contributed by atoms with van der Waals surface area (Å²) in [6.07, 6.45) is 1.14. The van der Waals surface area contributed by atoms with E-state index < -0.39 is 26.7 Å². The molecule has 3 N–H and O–H groups in total. The van der Waals surface area contributed by atoms with Crippen molar-refractivity contribution in [1.82, 2.24) is 10.6 Å². The summed E-state index contributed by atoms with van der Waals surface area (Å²) in [5.41, 5.74) is -0.0444. The number of carbonyl (C=O) groups is 1. The highest BCUT2D eigenvalue weighted by molar-refractivity contribution is 7.93. The van der Waals surface area contributed by atoms with Crippen LogP contribution in [0.1, 0.15) is 28.1 Å². The molecule has 9 heteroatoms. The lowest BCUT2D eigenvalue weighted by Gasteiger charge is -2.42. The third kappa shape index (κ3) is 4.90. The van der Waals surface area contributed by atoms with E-state index in [4.69, 9.17) is 4.74 Å². The summed E-state index contributed by atoms with van der Waals surface area (Å²) in [7, 11) is -2.54. The van der Waals surface area contributed by atoms with Gasteiger partial charge >= 0.3 is 0 Å². The third-order valence-corrected chi connectivity index (χ3v) is 8.77. The van der Waals surface area contributed by atoms with Crippen LogP contribution < -0.4 is 20.1 Å². The normalized spacial score (nSPS) is 16.5. The Balaban J connectivity index is 1.78. The van der Waals surface area contributed by atoms with E-state index in [1.54, 1.807) is 48.5 Å². The van der Waals surface area contributed by atoms with Crippen molar-refractivity contribution in [1.29, 1.82) is 0 Å². The van der Waals surface area contributed by atoms with Crippen LogP contribution in [0.2, 0.25) is 0 Å². The van der Waals surface area contributed by atoms with E-state index in [9.17, 15) is 13.2 Å². The van der Waals surface area contributed by atoms with Crippen LogP contribution in [0.3, 0.4) is 0 Å². The van der Waals surface area contributed by atoms with E-state index in [-0.39, 0.29) is 5.56 Å². The molecule has 1 aliphatic rings. The van der Waals surface area contributed by atoms with Crippen molar-refractivity contribution in [3.63, 3.8) is 0 Å². The lowest BCUT2D eigenvalue weighted by molar-refractivity contribution is 0.0923. The number of methoxy groups -OCH3 is 1. The zero-order valence-electron chi connectivity index (χ0n) is 18.3. The summed E-state index contributed by atoms with van der Waals surface area (Å²) < 4.78 is 35.7. The van der Waals surface area contributed by atoms with Crippen LogP contribution in [0.25, 0.3) is 0 Å². The monoisotopic (exact) mass is 485 g/mol. The summed E-state index contributed by atoms with van der Waals surface area (Å²) in [5.74, 6) is -0.108. The Hall–Kier alpha value is -2.88. The largest absolute Gasteiger partial charge is 0.496 e. The van der Waals surface area contributed by atoms with Crippen LogP contribution in [0.5, 0.6) is 5.75 Å². The van der Waals surface area contributed by atoms with Crippen LogP contribution in [0, 0.1) is 0 Å². The SMILES string of the molecule is COc1ccccc1C(=O)NC(C1(c2cccs2)CCNCC1)S(=O)(=O)Nc1ccccc1. The minimum absolute atomic E-state index is 0.287. The highest BCUT2D eigenvalue weighted by atomic mass is 32.2. The number of anilines is 1. The number of carbonyl (C=O) groups excluding carboxylic acids is 1. The molecule has 1 atom stereocenters. The maximum Gasteiger partial charge on any atom is 0.256 e. The first-order chi connectivity index (χ1) is 16.0. The number of rotatable bonds is 8. The second-order valence-corrected chi connectivity index (χ2v) is 10.7. The molecular formula is C24H27N3O4S2. The Kier molecular flexibility index (Phi) is 7.02. The van der Waals surface area contributed by atoms with Crippen molar-refractivity contribution in [2.45, 2.75) is 23.6 Å². The number of piperidine rings is 1. The average molecular weight is 486 g/mol. The molecule has 0 aliphatic carbocycles. The van der Waals surface area contributed by atoms with Gasteiger partial charge in [0.2, 0.25) is 0 Å². The number of amides is 1. The van der Waals surface area contributed by atoms with Gasteiger partial charge in [-0.2, -0.15) is 0 Å². The Labute approximate surface area is 198 Å². The van der Waals surface area contributed by atoms with Crippen LogP contribution >= 0.6 is 11.3 Å². The predicted molar refractivity (Wildman–Crippen MR) is 131 cm³/mol. The fraction of sp³-hybridized carbons (Fsp3) is 0.292. The first kappa shape index (κ1) is 23.3. The summed E-state index contributed by atoms with van der Waals surface area (Å²) in [4.78, 5) is 14.3. The van der Waals surface area contributed by atoms with Gasteiger partial charge in [-0.3, -0.25) is 9.52 Å². The predicted octanol–water partition coefficient (Wildman–Crippen LogP) is 3.58. The average Bonchev–Trinajstić information content (AvgIpc) is 3.39. The zero-order valence-corrected chi connectivity index (χ0v) is 19.9. The van der Waals surface area contributed by atoms with Crippen molar-refractivity contribution < 1.29 is 17.9 Å². The van der Waals surface area contributed by atoms with Gasteiger partial charge in [-0.15, -0.1) is 11.3 Å². The fourth-order valence-electron chi connectivity index (χ4n) is 4.34. The molecule has 174 valence electrons. The number of benzene rings is 2. The van der Waals surface area contributed by atoms with E-state index in [0.717, 1.165) is 4.88 Å². The van der Waals surface area contributed by atoms with Crippen LogP contribution in [-0.2, 0) is 15.4 Å². The van der Waals surface area contributed by atoms with Gasteiger partial charge in [-0.1, -0.05) is 36.4 Å². The molecule has 1 saturated heterocycles. The summed E-state index contributed by atoms with van der Waals surface area (Å²) in [6, 6.07) is 19.4. The van der Waals surface area contributed by atoms with Gasteiger partial charge in [0.1, 0.15) is 5.75 Å². The fourth-order valence-corrected chi connectivity index (χ4v) is 7.24. The maximum atomic E-state index is 13.8.